The molecule has 0 bridgehead atoms. The average Bonchev–Trinajstić information content (AvgIpc) is 3.13. The van der Waals surface area contributed by atoms with E-state index in [1.54, 1.807) is 25.4 Å². The smallest absolute Gasteiger partial charge is 0.323 e. The molecule has 1 aliphatic carbocycles. The summed E-state index contributed by atoms with van der Waals surface area (Å²) in [7, 11) is 1.57. The van der Waals surface area contributed by atoms with Gasteiger partial charge in [0.05, 0.1) is 13.2 Å². The van der Waals surface area contributed by atoms with Crippen molar-refractivity contribution in [3.8, 4) is 5.75 Å². The summed E-state index contributed by atoms with van der Waals surface area (Å²) in [5, 5.41) is 2.90. The Morgan fingerprint density at radius 2 is 1.96 bits per heavy atom. The second-order valence-electron chi connectivity index (χ2n) is 6.67. The third-order valence-corrected chi connectivity index (χ3v) is 5.18. The highest BCUT2D eigenvalue weighted by atomic mass is 16.5. The fraction of sp³-hybridized carbons (Fsp3) is 0.300. The van der Waals surface area contributed by atoms with Gasteiger partial charge in [-0.2, -0.15) is 0 Å². The van der Waals surface area contributed by atoms with Gasteiger partial charge in [0.1, 0.15) is 0 Å². The van der Waals surface area contributed by atoms with Crippen LogP contribution in [0.25, 0.3) is 0 Å². The number of hydrogen-bond acceptors (Lipinski definition) is 3. The van der Waals surface area contributed by atoms with Crippen molar-refractivity contribution in [2.75, 3.05) is 19.0 Å². The van der Waals surface area contributed by atoms with Gasteiger partial charge in [-0.25, -0.2) is 9.78 Å². The summed E-state index contributed by atoms with van der Waals surface area (Å²) in [5.74, 6) is 1.01. The zero-order valence-corrected chi connectivity index (χ0v) is 14.2. The van der Waals surface area contributed by atoms with Crippen LogP contribution in [0.15, 0.2) is 60.8 Å². The van der Waals surface area contributed by atoms with E-state index in [-0.39, 0.29) is 17.5 Å². The Morgan fingerprint density at radius 1 is 1.20 bits per heavy atom. The first-order chi connectivity index (χ1) is 12.2. The van der Waals surface area contributed by atoms with Crippen LogP contribution in [0, 0.1) is 5.41 Å². The van der Waals surface area contributed by atoms with Crippen molar-refractivity contribution in [1.82, 2.24) is 9.88 Å². The molecule has 1 saturated heterocycles. The molecule has 1 atom stereocenters. The van der Waals surface area contributed by atoms with Gasteiger partial charge in [-0.3, -0.25) is 5.32 Å². The van der Waals surface area contributed by atoms with E-state index in [9.17, 15) is 4.79 Å². The normalized spacial score (nSPS) is 20.4. The number of urea groups is 1. The van der Waals surface area contributed by atoms with Crippen molar-refractivity contribution in [1.29, 1.82) is 0 Å². The molecule has 2 aromatic rings. The maximum absolute atomic E-state index is 12.9. The summed E-state index contributed by atoms with van der Waals surface area (Å²) in [6.07, 6.45) is 8.14. The molecule has 1 fully saturated rings. The van der Waals surface area contributed by atoms with Crippen LogP contribution >= 0.6 is 0 Å². The summed E-state index contributed by atoms with van der Waals surface area (Å²) >= 11 is 0. The van der Waals surface area contributed by atoms with Gasteiger partial charge in [0.15, 0.2) is 11.6 Å². The first-order valence-electron chi connectivity index (χ1n) is 8.50. The molecular formula is C20H21N3O2. The van der Waals surface area contributed by atoms with E-state index >= 15 is 0 Å². The number of ether oxygens (including phenoxy) is 1. The number of methoxy groups -OCH3 is 1. The number of benzene rings is 1. The van der Waals surface area contributed by atoms with Gasteiger partial charge in [0.25, 0.3) is 0 Å². The number of carbonyl (C=O) groups is 1. The standard InChI is InChI=1S/C20H21N3O2/c1-25-16-10-7-13-21-18(16)22-19(24)23-14-20(11-5-6-12-20)17(23)15-8-3-2-4-9-15/h2-10,13,17H,11-12,14H2,1H3,(H,21,22,24). The SMILES string of the molecule is COc1cccnc1NC(=O)N1CC2(CC=CC2)C1c1ccccc1. The van der Waals surface area contributed by atoms with Crippen LogP contribution in [0.2, 0.25) is 0 Å². The third-order valence-electron chi connectivity index (χ3n) is 5.18. The Hall–Kier alpha value is -2.82. The van der Waals surface area contributed by atoms with Gasteiger partial charge < -0.3 is 9.64 Å². The zero-order valence-electron chi connectivity index (χ0n) is 14.2. The number of pyridine rings is 1. The highest BCUT2D eigenvalue weighted by Crippen LogP contribution is 2.56. The molecule has 128 valence electrons. The maximum atomic E-state index is 12.9. The Balaban J connectivity index is 1.58. The molecule has 2 aliphatic rings. The minimum Gasteiger partial charge on any atom is -0.493 e. The van der Waals surface area contributed by atoms with E-state index in [4.69, 9.17) is 4.74 Å². The second kappa shape index (κ2) is 6.24. The van der Waals surface area contributed by atoms with Crippen LogP contribution in [0.1, 0.15) is 24.4 Å². The molecule has 1 aliphatic heterocycles. The van der Waals surface area contributed by atoms with E-state index in [0.717, 1.165) is 19.4 Å². The summed E-state index contributed by atoms with van der Waals surface area (Å²) in [6.45, 7) is 0.751. The first-order valence-corrected chi connectivity index (χ1v) is 8.50. The number of amides is 2. The van der Waals surface area contributed by atoms with Crippen LogP contribution in [0.4, 0.5) is 10.6 Å². The quantitative estimate of drug-likeness (QED) is 0.862. The highest BCUT2D eigenvalue weighted by Gasteiger charge is 2.54. The molecule has 2 amide bonds. The fourth-order valence-electron chi connectivity index (χ4n) is 3.99. The zero-order chi connectivity index (χ0) is 17.3. The summed E-state index contributed by atoms with van der Waals surface area (Å²) in [6, 6.07) is 13.8. The fourth-order valence-corrected chi connectivity index (χ4v) is 3.99. The Morgan fingerprint density at radius 3 is 2.68 bits per heavy atom. The number of allylic oxidation sites excluding steroid dienone is 2. The largest absolute Gasteiger partial charge is 0.493 e. The van der Waals surface area contributed by atoms with Crippen LogP contribution in [-0.2, 0) is 0 Å². The predicted octanol–water partition coefficient (Wildman–Crippen LogP) is 4.02. The lowest BCUT2D eigenvalue weighted by atomic mass is 9.67. The molecule has 2 heterocycles. The number of hydrogen-bond donors (Lipinski definition) is 1. The van der Waals surface area contributed by atoms with E-state index < -0.39 is 0 Å². The van der Waals surface area contributed by atoms with Gasteiger partial charge in [-0.1, -0.05) is 42.5 Å². The van der Waals surface area contributed by atoms with E-state index in [1.807, 2.05) is 23.1 Å². The predicted molar refractivity (Wildman–Crippen MR) is 96.5 cm³/mol. The Kier molecular flexibility index (Phi) is 3.92. The molecule has 0 saturated carbocycles. The van der Waals surface area contributed by atoms with E-state index in [2.05, 4.69) is 34.6 Å². The van der Waals surface area contributed by atoms with Crippen molar-refractivity contribution in [2.24, 2.45) is 5.41 Å². The monoisotopic (exact) mass is 335 g/mol. The van der Waals surface area contributed by atoms with Crippen LogP contribution in [0.3, 0.4) is 0 Å². The number of likely N-dealkylation sites (tertiary alicyclic amines) is 1. The van der Waals surface area contributed by atoms with Crippen molar-refractivity contribution < 1.29 is 9.53 Å². The Bertz CT molecular complexity index is 796. The molecule has 1 aromatic heterocycles. The molecule has 25 heavy (non-hydrogen) atoms. The van der Waals surface area contributed by atoms with Gasteiger partial charge in [-0.05, 0) is 30.5 Å². The minimum atomic E-state index is -0.136. The summed E-state index contributed by atoms with van der Waals surface area (Å²) in [5.41, 5.74) is 1.31. The first kappa shape index (κ1) is 15.7. The number of nitrogens with zero attached hydrogens (tertiary/aromatic N) is 2. The average molecular weight is 335 g/mol. The molecule has 1 aromatic carbocycles. The van der Waals surface area contributed by atoms with Crippen LogP contribution < -0.4 is 10.1 Å². The topological polar surface area (TPSA) is 54.5 Å². The van der Waals surface area contributed by atoms with Crippen molar-refractivity contribution in [3.05, 3.63) is 66.4 Å². The number of anilines is 1. The van der Waals surface area contributed by atoms with Gasteiger partial charge in [0, 0.05) is 18.2 Å². The van der Waals surface area contributed by atoms with Gasteiger partial charge in [-0.15, -0.1) is 0 Å². The molecule has 1 N–H and O–H groups in total. The number of rotatable bonds is 3. The molecular weight excluding hydrogens is 314 g/mol. The Labute approximate surface area is 147 Å². The van der Waals surface area contributed by atoms with Crippen LogP contribution in [0.5, 0.6) is 5.75 Å². The number of nitrogens with one attached hydrogen (secondary N) is 1. The number of aromatic nitrogens is 1. The van der Waals surface area contributed by atoms with E-state index in [0.29, 0.717) is 11.6 Å². The molecule has 5 heteroatoms. The summed E-state index contributed by atoms with van der Waals surface area (Å²) < 4.78 is 5.28. The molecule has 4 rings (SSSR count). The summed E-state index contributed by atoms with van der Waals surface area (Å²) in [4.78, 5) is 19.0. The number of carbonyl (C=O) groups excluding carboxylic acids is 1. The third kappa shape index (κ3) is 2.65. The van der Waals surface area contributed by atoms with Crippen LogP contribution in [-0.4, -0.2) is 29.6 Å². The van der Waals surface area contributed by atoms with Crippen molar-refractivity contribution in [3.63, 3.8) is 0 Å². The molecule has 5 nitrogen and oxygen atoms in total. The lowest BCUT2D eigenvalue weighted by Crippen LogP contribution is -2.60. The van der Waals surface area contributed by atoms with Gasteiger partial charge in [0.2, 0.25) is 0 Å². The van der Waals surface area contributed by atoms with Crippen molar-refractivity contribution >= 4 is 11.8 Å². The second-order valence-corrected chi connectivity index (χ2v) is 6.67. The molecule has 0 radical (unpaired) electrons. The lowest BCUT2D eigenvalue weighted by molar-refractivity contribution is -0.0308. The van der Waals surface area contributed by atoms with Crippen molar-refractivity contribution in [2.45, 2.75) is 18.9 Å². The molecule has 1 unspecified atom stereocenters. The maximum Gasteiger partial charge on any atom is 0.323 e. The lowest BCUT2D eigenvalue weighted by Gasteiger charge is -2.56. The van der Waals surface area contributed by atoms with E-state index in [1.165, 1.54) is 5.56 Å². The van der Waals surface area contributed by atoms with Gasteiger partial charge >= 0.3 is 6.03 Å². The minimum absolute atomic E-state index is 0.0819. The molecule has 1 spiro atoms. The highest BCUT2D eigenvalue weighted by molar-refractivity contribution is 5.91.